The first-order valence-corrected chi connectivity index (χ1v) is 11.7. The summed E-state index contributed by atoms with van der Waals surface area (Å²) in [6.07, 6.45) is 1.55. The number of hydrogen-bond acceptors (Lipinski definition) is 6. The summed E-state index contributed by atoms with van der Waals surface area (Å²) in [4.78, 5) is 22.6. The number of nitrogens with zero attached hydrogens (tertiary/aromatic N) is 2. The molecule has 10 heteroatoms. The number of non-ortho nitro benzene ring substituents is 1. The predicted molar refractivity (Wildman–Crippen MR) is 141 cm³/mol. The lowest BCUT2D eigenvalue weighted by Gasteiger charge is -2.11. The molecule has 0 fully saturated rings. The van der Waals surface area contributed by atoms with Crippen molar-refractivity contribution in [3.05, 3.63) is 101 Å². The van der Waals surface area contributed by atoms with Gasteiger partial charge in [-0.05, 0) is 92.7 Å². The van der Waals surface area contributed by atoms with Crippen LogP contribution < -0.4 is 10.2 Å². The zero-order valence-corrected chi connectivity index (χ0v) is 21.1. The third kappa shape index (κ3) is 5.68. The summed E-state index contributed by atoms with van der Waals surface area (Å²) in [6.45, 7) is 0.283. The van der Waals surface area contributed by atoms with E-state index in [1.165, 1.54) is 12.1 Å². The van der Waals surface area contributed by atoms with Gasteiger partial charge in [-0.3, -0.25) is 14.9 Å². The van der Waals surface area contributed by atoms with E-state index in [1.54, 1.807) is 30.5 Å². The van der Waals surface area contributed by atoms with Crippen molar-refractivity contribution < 1.29 is 18.9 Å². The van der Waals surface area contributed by atoms with Crippen molar-refractivity contribution in [1.29, 1.82) is 0 Å². The lowest BCUT2D eigenvalue weighted by atomic mass is 10.2. The molecule has 1 aromatic heterocycles. The van der Waals surface area contributed by atoms with Crippen LogP contribution in [0.15, 0.2) is 76.2 Å². The Hall–Kier alpha value is -3.00. The van der Waals surface area contributed by atoms with Crippen molar-refractivity contribution in [2.45, 2.75) is 6.61 Å². The number of hydrazone groups is 1. The first-order chi connectivity index (χ1) is 15.9. The number of nitrogens with one attached hydrogen (secondary N) is 1. The van der Waals surface area contributed by atoms with E-state index in [2.05, 4.69) is 55.7 Å². The second-order valence-electron chi connectivity index (χ2n) is 6.87. The molecule has 1 amide bonds. The summed E-state index contributed by atoms with van der Waals surface area (Å²) in [6, 6.07) is 19.1. The molecule has 0 aliphatic heterocycles. The molecule has 0 atom stereocenters. The van der Waals surface area contributed by atoms with Crippen LogP contribution in [0.2, 0.25) is 0 Å². The number of hydrogen-bond donors (Lipinski definition) is 1. The second kappa shape index (κ2) is 10.3. The third-order valence-corrected chi connectivity index (χ3v) is 6.18. The maximum atomic E-state index is 12.3. The third-order valence-electron chi connectivity index (χ3n) is 4.58. The number of carbonyl (C=O) groups excluding carboxylic acids is 1. The zero-order chi connectivity index (χ0) is 23.4. The van der Waals surface area contributed by atoms with E-state index in [0.29, 0.717) is 11.3 Å². The number of nitro groups is 1. The minimum atomic E-state index is -0.435. The summed E-state index contributed by atoms with van der Waals surface area (Å²) in [5.74, 6) is 0.459. The van der Waals surface area contributed by atoms with Gasteiger partial charge in [-0.15, -0.1) is 0 Å². The topological polar surface area (TPSA) is 107 Å². The number of ether oxygens (including phenoxy) is 1. The van der Waals surface area contributed by atoms with Crippen LogP contribution >= 0.6 is 45.2 Å². The SMILES string of the molecule is O=C(N/N=C/c1cc(I)c(OCc2ccc([N+](=O)[O-])cc2)c(I)c1)c1cc2ccccc2o1. The summed E-state index contributed by atoms with van der Waals surface area (Å²) in [5.41, 5.74) is 4.77. The lowest BCUT2D eigenvalue weighted by Crippen LogP contribution is -2.16. The van der Waals surface area contributed by atoms with Crippen molar-refractivity contribution in [3.63, 3.8) is 0 Å². The van der Waals surface area contributed by atoms with Gasteiger partial charge < -0.3 is 9.15 Å². The van der Waals surface area contributed by atoms with Crippen molar-refractivity contribution in [1.82, 2.24) is 5.43 Å². The number of benzene rings is 3. The molecule has 0 bridgehead atoms. The molecule has 0 saturated carbocycles. The van der Waals surface area contributed by atoms with Gasteiger partial charge in [-0.25, -0.2) is 5.43 Å². The second-order valence-corrected chi connectivity index (χ2v) is 9.20. The highest BCUT2D eigenvalue weighted by atomic mass is 127. The number of nitro benzene ring substituents is 1. The molecule has 1 heterocycles. The summed E-state index contributed by atoms with van der Waals surface area (Å²) in [7, 11) is 0. The Bertz CT molecular complexity index is 1310. The van der Waals surface area contributed by atoms with Crippen molar-refractivity contribution in [2.24, 2.45) is 5.10 Å². The molecule has 1 N–H and O–H groups in total. The highest BCUT2D eigenvalue weighted by molar-refractivity contribution is 14.1. The lowest BCUT2D eigenvalue weighted by molar-refractivity contribution is -0.384. The molecule has 3 aromatic carbocycles. The minimum absolute atomic E-state index is 0.0407. The number of fused-ring (bicyclic) bond motifs is 1. The van der Waals surface area contributed by atoms with Gasteiger partial charge in [0.1, 0.15) is 17.9 Å². The van der Waals surface area contributed by atoms with Gasteiger partial charge in [-0.2, -0.15) is 5.10 Å². The van der Waals surface area contributed by atoms with Crippen molar-refractivity contribution >= 4 is 74.0 Å². The van der Waals surface area contributed by atoms with Crippen LogP contribution in [0, 0.1) is 17.3 Å². The molecule has 4 aromatic rings. The molecular weight excluding hydrogens is 652 g/mol. The Labute approximate surface area is 215 Å². The summed E-state index contributed by atoms with van der Waals surface area (Å²) >= 11 is 4.33. The first-order valence-electron chi connectivity index (χ1n) is 9.58. The smallest absolute Gasteiger partial charge is 0.307 e. The molecule has 0 aliphatic carbocycles. The Morgan fingerprint density at radius 1 is 1.09 bits per heavy atom. The Morgan fingerprint density at radius 2 is 1.79 bits per heavy atom. The normalized spacial score (nSPS) is 11.1. The maximum Gasteiger partial charge on any atom is 0.307 e. The van der Waals surface area contributed by atoms with Gasteiger partial charge in [0.05, 0.1) is 18.3 Å². The molecule has 0 spiro atoms. The number of amides is 1. The molecule has 4 rings (SSSR count). The number of furan rings is 1. The highest BCUT2D eigenvalue weighted by Gasteiger charge is 2.12. The van der Waals surface area contributed by atoms with Gasteiger partial charge in [0.25, 0.3) is 5.69 Å². The average Bonchev–Trinajstić information content (AvgIpc) is 3.23. The number of para-hydroxylation sites is 1. The predicted octanol–water partition coefficient (Wildman–Crippen LogP) is 5.89. The fourth-order valence-corrected chi connectivity index (χ4v) is 5.10. The number of halogens is 2. The number of rotatable bonds is 7. The number of carbonyl (C=O) groups is 1. The fourth-order valence-electron chi connectivity index (χ4n) is 2.98. The minimum Gasteiger partial charge on any atom is -0.487 e. The molecule has 0 saturated heterocycles. The average molecular weight is 667 g/mol. The van der Waals surface area contributed by atoms with E-state index >= 15 is 0 Å². The van der Waals surface area contributed by atoms with Gasteiger partial charge in [0.2, 0.25) is 0 Å². The van der Waals surface area contributed by atoms with Crippen LogP contribution in [0.3, 0.4) is 0 Å². The quantitative estimate of drug-likeness (QED) is 0.115. The molecule has 166 valence electrons. The fraction of sp³-hybridized carbons (Fsp3) is 0.0435. The molecular formula is C23H15I2N3O5. The van der Waals surface area contributed by atoms with Crippen LogP contribution in [-0.4, -0.2) is 17.0 Å². The van der Waals surface area contributed by atoms with Crippen LogP contribution in [0.5, 0.6) is 5.75 Å². The zero-order valence-electron chi connectivity index (χ0n) is 16.8. The Kier molecular flexibility index (Phi) is 7.23. The van der Waals surface area contributed by atoms with E-state index in [1.807, 2.05) is 30.3 Å². The highest BCUT2D eigenvalue weighted by Crippen LogP contribution is 2.29. The van der Waals surface area contributed by atoms with Gasteiger partial charge in [0.15, 0.2) is 5.76 Å². The van der Waals surface area contributed by atoms with Gasteiger partial charge >= 0.3 is 5.91 Å². The standard InChI is InChI=1S/C23H15I2N3O5/c24-18-9-15(12-26-27-23(29)21-11-16-3-1-2-4-20(16)33-21)10-19(25)22(18)32-13-14-5-7-17(8-6-14)28(30)31/h1-12H,13H2,(H,27,29)/b26-12+. The maximum absolute atomic E-state index is 12.3. The molecule has 33 heavy (non-hydrogen) atoms. The van der Waals surface area contributed by atoms with E-state index < -0.39 is 10.8 Å². The Morgan fingerprint density at radius 3 is 2.45 bits per heavy atom. The summed E-state index contributed by atoms with van der Waals surface area (Å²) in [5, 5.41) is 15.6. The monoisotopic (exact) mass is 667 g/mol. The first kappa shape index (κ1) is 23.2. The van der Waals surface area contributed by atoms with Crippen LogP contribution in [0.25, 0.3) is 11.0 Å². The van der Waals surface area contributed by atoms with E-state index in [9.17, 15) is 14.9 Å². The van der Waals surface area contributed by atoms with Crippen LogP contribution in [0.4, 0.5) is 5.69 Å². The Balaban J connectivity index is 1.39. The molecule has 8 nitrogen and oxygen atoms in total. The molecule has 0 radical (unpaired) electrons. The van der Waals surface area contributed by atoms with Crippen molar-refractivity contribution in [2.75, 3.05) is 0 Å². The molecule has 0 unspecified atom stereocenters. The summed E-state index contributed by atoms with van der Waals surface area (Å²) < 4.78 is 13.2. The van der Waals surface area contributed by atoms with Crippen LogP contribution in [-0.2, 0) is 6.61 Å². The largest absolute Gasteiger partial charge is 0.487 e. The van der Waals surface area contributed by atoms with E-state index in [0.717, 1.165) is 23.7 Å². The van der Waals surface area contributed by atoms with E-state index in [-0.39, 0.29) is 18.1 Å². The van der Waals surface area contributed by atoms with Gasteiger partial charge in [-0.1, -0.05) is 18.2 Å². The van der Waals surface area contributed by atoms with Crippen LogP contribution in [0.1, 0.15) is 21.7 Å². The van der Waals surface area contributed by atoms with Gasteiger partial charge in [0, 0.05) is 17.5 Å². The van der Waals surface area contributed by atoms with E-state index in [4.69, 9.17) is 9.15 Å². The van der Waals surface area contributed by atoms with Crippen molar-refractivity contribution in [3.8, 4) is 5.75 Å². The molecule has 0 aliphatic rings.